The summed E-state index contributed by atoms with van der Waals surface area (Å²) in [5.74, 6) is 0.336. The SMILES string of the molecule is CN(C)S(=O)(=O)c1cnc(OC2CCOCC2)c(B2OC(C)(C)C(C)(C)O2)c1. The molecule has 10 heteroatoms. The molecule has 0 amide bonds. The highest BCUT2D eigenvalue weighted by molar-refractivity contribution is 7.89. The molecule has 156 valence electrons. The fourth-order valence-corrected chi connectivity index (χ4v) is 3.87. The summed E-state index contributed by atoms with van der Waals surface area (Å²) in [4.78, 5) is 4.40. The Kier molecular flexibility index (Phi) is 5.81. The van der Waals surface area contributed by atoms with Crippen LogP contribution in [0.5, 0.6) is 5.88 Å². The first kappa shape index (κ1) is 21.5. The monoisotopic (exact) mass is 412 g/mol. The van der Waals surface area contributed by atoms with E-state index in [9.17, 15) is 8.42 Å². The van der Waals surface area contributed by atoms with E-state index < -0.39 is 28.3 Å². The van der Waals surface area contributed by atoms with Gasteiger partial charge in [-0.25, -0.2) is 17.7 Å². The van der Waals surface area contributed by atoms with E-state index in [2.05, 4.69) is 4.98 Å². The van der Waals surface area contributed by atoms with Gasteiger partial charge in [0.25, 0.3) is 0 Å². The number of pyridine rings is 1. The Morgan fingerprint density at radius 2 is 1.71 bits per heavy atom. The molecule has 3 heterocycles. The normalized spacial score (nSPS) is 22.6. The molecular formula is C18H29BN2O6S. The van der Waals surface area contributed by atoms with Gasteiger partial charge in [-0.15, -0.1) is 0 Å². The molecule has 0 bridgehead atoms. The van der Waals surface area contributed by atoms with E-state index in [-0.39, 0.29) is 11.0 Å². The van der Waals surface area contributed by atoms with Crippen LogP contribution in [0.25, 0.3) is 0 Å². The zero-order valence-electron chi connectivity index (χ0n) is 17.4. The van der Waals surface area contributed by atoms with Crippen molar-refractivity contribution in [1.82, 2.24) is 9.29 Å². The summed E-state index contributed by atoms with van der Waals surface area (Å²) in [6.07, 6.45) is 2.78. The van der Waals surface area contributed by atoms with Crippen molar-refractivity contribution < 1.29 is 27.2 Å². The van der Waals surface area contributed by atoms with Crippen LogP contribution in [0, 0.1) is 0 Å². The van der Waals surface area contributed by atoms with Crippen LogP contribution in [-0.4, -0.2) is 69.4 Å². The van der Waals surface area contributed by atoms with Crippen LogP contribution >= 0.6 is 0 Å². The molecule has 2 saturated heterocycles. The topological polar surface area (TPSA) is 87.2 Å². The van der Waals surface area contributed by atoms with Crippen molar-refractivity contribution in [3.63, 3.8) is 0 Å². The highest BCUT2D eigenvalue weighted by atomic mass is 32.2. The first-order chi connectivity index (χ1) is 12.9. The van der Waals surface area contributed by atoms with Crippen molar-refractivity contribution in [3.05, 3.63) is 12.3 Å². The minimum atomic E-state index is -3.65. The van der Waals surface area contributed by atoms with Gasteiger partial charge in [-0.05, 0) is 33.8 Å². The van der Waals surface area contributed by atoms with E-state index >= 15 is 0 Å². The third kappa shape index (κ3) is 4.06. The van der Waals surface area contributed by atoms with Crippen molar-refractivity contribution in [2.45, 2.75) is 62.7 Å². The molecule has 1 aromatic rings. The highest BCUT2D eigenvalue weighted by Crippen LogP contribution is 2.37. The van der Waals surface area contributed by atoms with Crippen LogP contribution in [0.15, 0.2) is 17.2 Å². The van der Waals surface area contributed by atoms with E-state index in [4.69, 9.17) is 18.8 Å². The van der Waals surface area contributed by atoms with Crippen LogP contribution in [0.4, 0.5) is 0 Å². The van der Waals surface area contributed by atoms with Crippen molar-refractivity contribution in [2.75, 3.05) is 27.3 Å². The van der Waals surface area contributed by atoms with Crippen molar-refractivity contribution >= 4 is 22.6 Å². The summed E-state index contributed by atoms with van der Waals surface area (Å²) >= 11 is 0. The lowest BCUT2D eigenvalue weighted by Crippen LogP contribution is -2.41. The second kappa shape index (κ2) is 7.57. The van der Waals surface area contributed by atoms with Crippen molar-refractivity contribution in [1.29, 1.82) is 0 Å². The summed E-state index contributed by atoms with van der Waals surface area (Å²) < 4.78 is 50.1. The molecule has 0 spiro atoms. The Labute approximate surface area is 167 Å². The smallest absolute Gasteiger partial charge is 0.474 e. The average molecular weight is 412 g/mol. The minimum Gasteiger partial charge on any atom is -0.474 e. The molecule has 0 radical (unpaired) electrons. The van der Waals surface area contributed by atoms with Crippen molar-refractivity contribution in [3.8, 4) is 5.88 Å². The Bertz CT molecular complexity index is 805. The lowest BCUT2D eigenvalue weighted by molar-refractivity contribution is 0.00578. The predicted octanol–water partition coefficient (Wildman–Crippen LogP) is 1.19. The fraction of sp³-hybridized carbons (Fsp3) is 0.722. The van der Waals surface area contributed by atoms with Gasteiger partial charge in [0, 0.05) is 32.4 Å². The highest BCUT2D eigenvalue weighted by Gasteiger charge is 2.53. The average Bonchev–Trinajstić information content (AvgIpc) is 2.83. The second-order valence-corrected chi connectivity index (χ2v) is 10.5. The van der Waals surface area contributed by atoms with Gasteiger partial charge in [-0.1, -0.05) is 0 Å². The first-order valence-corrected chi connectivity index (χ1v) is 10.9. The molecule has 8 nitrogen and oxygen atoms in total. The zero-order chi connectivity index (χ0) is 20.7. The van der Waals surface area contributed by atoms with Crippen LogP contribution in [0.2, 0.25) is 0 Å². The van der Waals surface area contributed by atoms with Crippen molar-refractivity contribution in [2.24, 2.45) is 0 Å². The summed E-state index contributed by atoms with van der Waals surface area (Å²) in [6.45, 7) is 9.03. The zero-order valence-corrected chi connectivity index (χ0v) is 18.2. The molecule has 0 aliphatic carbocycles. The van der Waals surface area contributed by atoms with Gasteiger partial charge in [-0.3, -0.25) is 0 Å². The maximum atomic E-state index is 12.6. The molecule has 0 saturated carbocycles. The summed E-state index contributed by atoms with van der Waals surface area (Å²) in [7, 11) is -1.46. The van der Waals surface area contributed by atoms with Gasteiger partial charge in [0.1, 0.15) is 11.0 Å². The largest absolute Gasteiger partial charge is 0.500 e. The predicted molar refractivity (Wildman–Crippen MR) is 105 cm³/mol. The van der Waals surface area contributed by atoms with E-state index in [1.165, 1.54) is 20.3 Å². The maximum absolute atomic E-state index is 12.6. The molecule has 0 N–H and O–H groups in total. The number of rotatable bonds is 5. The Balaban J connectivity index is 2.00. The van der Waals surface area contributed by atoms with Gasteiger partial charge in [-0.2, -0.15) is 0 Å². The molecule has 1 aromatic heterocycles. The molecule has 0 unspecified atom stereocenters. The van der Waals surface area contributed by atoms with Gasteiger partial charge in [0.2, 0.25) is 15.9 Å². The van der Waals surface area contributed by atoms with Gasteiger partial charge < -0.3 is 18.8 Å². The Hall–Kier alpha value is -1.20. The number of ether oxygens (including phenoxy) is 2. The fourth-order valence-electron chi connectivity index (χ4n) is 2.99. The third-order valence-corrected chi connectivity index (χ3v) is 7.37. The Morgan fingerprint density at radius 3 is 2.25 bits per heavy atom. The van der Waals surface area contributed by atoms with Crippen LogP contribution in [0.3, 0.4) is 0 Å². The van der Waals surface area contributed by atoms with Crippen LogP contribution < -0.4 is 10.2 Å². The number of aromatic nitrogens is 1. The van der Waals surface area contributed by atoms with E-state index in [1.807, 2.05) is 27.7 Å². The van der Waals surface area contributed by atoms with Gasteiger partial charge in [0.15, 0.2) is 0 Å². The van der Waals surface area contributed by atoms with Crippen LogP contribution in [-0.2, 0) is 24.1 Å². The summed E-state index contributed by atoms with van der Waals surface area (Å²) in [5, 5.41) is 0. The lowest BCUT2D eigenvalue weighted by atomic mass is 9.79. The number of hydrogen-bond acceptors (Lipinski definition) is 7. The molecule has 2 aliphatic heterocycles. The Morgan fingerprint density at radius 1 is 1.14 bits per heavy atom. The quantitative estimate of drug-likeness (QED) is 0.672. The first-order valence-electron chi connectivity index (χ1n) is 9.46. The molecule has 2 fully saturated rings. The van der Waals surface area contributed by atoms with Gasteiger partial charge in [0.05, 0.1) is 30.6 Å². The van der Waals surface area contributed by atoms with E-state index in [1.54, 1.807) is 6.07 Å². The van der Waals surface area contributed by atoms with Crippen LogP contribution in [0.1, 0.15) is 40.5 Å². The number of sulfonamides is 1. The lowest BCUT2D eigenvalue weighted by Gasteiger charge is -2.32. The minimum absolute atomic E-state index is 0.0428. The second-order valence-electron chi connectivity index (χ2n) is 8.37. The van der Waals surface area contributed by atoms with E-state index in [0.717, 1.165) is 17.1 Å². The van der Waals surface area contributed by atoms with E-state index in [0.29, 0.717) is 24.6 Å². The molecule has 2 aliphatic rings. The third-order valence-electron chi connectivity index (χ3n) is 5.59. The molecule has 0 atom stereocenters. The van der Waals surface area contributed by atoms with Gasteiger partial charge >= 0.3 is 7.12 Å². The summed E-state index contributed by atoms with van der Waals surface area (Å²) in [6, 6.07) is 1.54. The summed E-state index contributed by atoms with van der Waals surface area (Å²) in [5.41, 5.74) is -0.651. The molecular weight excluding hydrogens is 383 g/mol. The maximum Gasteiger partial charge on any atom is 0.500 e. The molecule has 28 heavy (non-hydrogen) atoms. The standard InChI is InChI=1S/C18H29BN2O6S/c1-17(2)18(3,4)27-19(26-17)15-11-14(28(22,23)21(5)6)12-20-16(15)25-13-7-9-24-10-8-13/h11-13H,7-10H2,1-6H3. The number of hydrogen-bond donors (Lipinski definition) is 0. The molecule has 0 aromatic carbocycles. The number of nitrogens with zero attached hydrogens (tertiary/aromatic N) is 2. The molecule has 3 rings (SSSR count).